The predicted octanol–water partition coefficient (Wildman–Crippen LogP) is 4.49. The number of halogens is 2. The molecule has 4 saturated carbocycles. The van der Waals surface area contributed by atoms with Crippen LogP contribution in [0.2, 0.25) is 0 Å². The van der Waals surface area contributed by atoms with E-state index in [-0.39, 0.29) is 35.1 Å². The van der Waals surface area contributed by atoms with Crippen molar-refractivity contribution in [2.75, 3.05) is 0 Å². The van der Waals surface area contributed by atoms with Gasteiger partial charge in [-0.1, -0.05) is 44.0 Å². The largest absolute Gasteiger partial charge is 0.393 e. The molecule has 0 aromatic heterocycles. The first kappa shape index (κ1) is 23.6. The molecule has 0 bridgehead atoms. The molecule has 0 spiro atoms. The molecule has 4 N–H and O–H groups in total. The molecule has 0 radical (unpaired) electrons. The van der Waals surface area contributed by atoms with E-state index in [4.69, 9.17) is 23.2 Å². The van der Waals surface area contributed by atoms with E-state index in [0.717, 1.165) is 51.4 Å². The van der Waals surface area contributed by atoms with E-state index in [0.29, 0.717) is 36.0 Å². The van der Waals surface area contributed by atoms with Crippen molar-refractivity contribution >= 4 is 23.2 Å². The van der Waals surface area contributed by atoms with E-state index in [1.165, 1.54) is 0 Å². The lowest BCUT2D eigenvalue weighted by Gasteiger charge is -2.63. The summed E-state index contributed by atoms with van der Waals surface area (Å²) in [6, 6.07) is 0. The van der Waals surface area contributed by atoms with Crippen molar-refractivity contribution in [1.29, 1.82) is 0 Å². The van der Waals surface area contributed by atoms with Crippen LogP contribution in [0, 0.1) is 46.3 Å². The molecule has 0 amide bonds. The van der Waals surface area contributed by atoms with Crippen LogP contribution in [0.1, 0.15) is 78.6 Å². The Morgan fingerprint density at radius 1 is 1.00 bits per heavy atom. The van der Waals surface area contributed by atoms with Gasteiger partial charge < -0.3 is 20.4 Å². The van der Waals surface area contributed by atoms with Crippen molar-refractivity contribution in [1.82, 2.24) is 0 Å². The maximum absolute atomic E-state index is 11.5. The molecule has 4 aliphatic carbocycles. The molecule has 4 fully saturated rings. The topological polar surface area (TPSA) is 80.9 Å². The zero-order valence-electron chi connectivity index (χ0n) is 18.6. The van der Waals surface area contributed by atoms with Crippen LogP contribution in [0.4, 0.5) is 0 Å². The van der Waals surface area contributed by atoms with Gasteiger partial charge >= 0.3 is 0 Å². The van der Waals surface area contributed by atoms with Gasteiger partial charge in [-0.2, -0.15) is 0 Å². The quantitative estimate of drug-likeness (QED) is 0.464. The van der Waals surface area contributed by atoms with Crippen LogP contribution in [0.5, 0.6) is 0 Å². The molecule has 11 atom stereocenters. The van der Waals surface area contributed by atoms with E-state index < -0.39 is 4.52 Å². The Labute approximate surface area is 191 Å². The predicted molar refractivity (Wildman–Crippen MR) is 119 cm³/mol. The summed E-state index contributed by atoms with van der Waals surface area (Å²) < 4.78 is -1.70. The van der Waals surface area contributed by atoms with Crippen molar-refractivity contribution < 1.29 is 20.4 Å². The van der Waals surface area contributed by atoms with Crippen molar-refractivity contribution in [3.63, 3.8) is 0 Å². The highest BCUT2D eigenvalue weighted by Crippen LogP contribution is 2.68. The van der Waals surface area contributed by atoms with Gasteiger partial charge in [-0.15, -0.1) is 0 Å². The molecular formula is C24H40Cl2O4. The Balaban J connectivity index is 1.59. The molecule has 3 unspecified atom stereocenters. The Kier molecular flexibility index (Phi) is 6.30. The highest BCUT2D eigenvalue weighted by Gasteiger charge is 2.65. The van der Waals surface area contributed by atoms with Gasteiger partial charge in [0.25, 0.3) is 0 Å². The minimum atomic E-state index is -1.70. The van der Waals surface area contributed by atoms with Gasteiger partial charge in [-0.05, 0) is 97.7 Å². The summed E-state index contributed by atoms with van der Waals surface area (Å²) in [5.74, 6) is 1.82. The fraction of sp³-hybridized carbons (Fsp3) is 1.00. The molecule has 30 heavy (non-hydrogen) atoms. The number of aliphatic hydroxyl groups excluding tert-OH is 3. The van der Waals surface area contributed by atoms with Gasteiger partial charge in [0, 0.05) is 6.42 Å². The van der Waals surface area contributed by atoms with Gasteiger partial charge in [0.05, 0.1) is 18.3 Å². The van der Waals surface area contributed by atoms with Crippen molar-refractivity contribution in [3.8, 4) is 0 Å². The van der Waals surface area contributed by atoms with Gasteiger partial charge in [-0.25, -0.2) is 0 Å². The first-order valence-corrected chi connectivity index (χ1v) is 12.8. The third-order valence-corrected chi connectivity index (χ3v) is 10.8. The smallest absolute Gasteiger partial charge is 0.214 e. The van der Waals surface area contributed by atoms with Crippen LogP contribution in [-0.4, -0.2) is 43.3 Å². The summed E-state index contributed by atoms with van der Waals surface area (Å²) >= 11 is 11.6. The first-order chi connectivity index (χ1) is 13.9. The zero-order valence-corrected chi connectivity index (χ0v) is 20.1. The Hall–Kier alpha value is 0.420. The lowest BCUT2D eigenvalue weighted by molar-refractivity contribution is -0.207. The Bertz CT molecular complexity index is 639. The second-order valence-electron chi connectivity index (χ2n) is 11.7. The minimum absolute atomic E-state index is 0.100. The molecule has 0 aromatic carbocycles. The molecular weight excluding hydrogens is 423 g/mol. The van der Waals surface area contributed by atoms with Crippen LogP contribution >= 0.6 is 23.2 Å². The summed E-state index contributed by atoms with van der Waals surface area (Å²) in [6.45, 7) is 6.79. The van der Waals surface area contributed by atoms with Crippen LogP contribution in [0.15, 0.2) is 0 Å². The summed E-state index contributed by atoms with van der Waals surface area (Å²) in [7, 11) is 0. The average molecular weight is 463 g/mol. The highest BCUT2D eigenvalue weighted by atomic mass is 35.5. The molecule has 0 aromatic rings. The molecule has 174 valence electrons. The average Bonchev–Trinajstić information content (AvgIpc) is 3.00. The van der Waals surface area contributed by atoms with Gasteiger partial charge in [0.15, 0.2) is 0 Å². The van der Waals surface area contributed by atoms with Crippen LogP contribution in [0.3, 0.4) is 0 Å². The van der Waals surface area contributed by atoms with Gasteiger partial charge in [-0.3, -0.25) is 0 Å². The summed E-state index contributed by atoms with van der Waals surface area (Å²) in [4.78, 5) is 0. The molecule has 0 heterocycles. The van der Waals surface area contributed by atoms with E-state index in [1.54, 1.807) is 0 Å². The van der Waals surface area contributed by atoms with Crippen LogP contribution in [-0.2, 0) is 0 Å². The lowest BCUT2D eigenvalue weighted by atomic mass is 9.43. The van der Waals surface area contributed by atoms with Crippen LogP contribution < -0.4 is 0 Å². The molecule has 0 aliphatic heterocycles. The molecule has 6 heteroatoms. The van der Waals surface area contributed by atoms with E-state index in [9.17, 15) is 20.4 Å². The third-order valence-electron chi connectivity index (χ3n) is 10.4. The molecule has 0 saturated heterocycles. The standard InChI is InChI=1S/C24H40Cl2O4/c1-13(6-9-24(25,26)30)16-4-5-17-21-18(12-20(29)23(16,17)3)22(2)8-7-15(27)10-14(22)11-19(21)28/h13-21,27-30H,4-12H2,1-3H3/t13-,14-,15+,16+,17?,18?,19+,20-,21?,22-,23+/m0/s1. The molecule has 4 rings (SSSR count). The third kappa shape index (κ3) is 3.76. The summed E-state index contributed by atoms with van der Waals surface area (Å²) in [5, 5.41) is 42.8. The minimum Gasteiger partial charge on any atom is -0.393 e. The van der Waals surface area contributed by atoms with Gasteiger partial charge in [0.2, 0.25) is 4.52 Å². The van der Waals surface area contributed by atoms with Gasteiger partial charge in [0.1, 0.15) is 0 Å². The fourth-order valence-corrected chi connectivity index (χ4v) is 8.95. The summed E-state index contributed by atoms with van der Waals surface area (Å²) in [5.41, 5.74) is -0.126. The van der Waals surface area contributed by atoms with E-state index in [2.05, 4.69) is 20.8 Å². The van der Waals surface area contributed by atoms with Crippen molar-refractivity contribution in [3.05, 3.63) is 0 Å². The normalized spacial score (nSPS) is 52.3. The number of alkyl halides is 2. The second kappa shape index (κ2) is 8.02. The SMILES string of the molecule is C[C@@H](CCC(O)(Cl)Cl)[C@H]1CCC2C3C(C[C@H](O)[C@@]21C)[C@@]1(C)CC[C@@H](O)C[C@H]1C[C@H]3O. The van der Waals surface area contributed by atoms with Crippen molar-refractivity contribution in [2.45, 2.75) is 101 Å². The Morgan fingerprint density at radius 3 is 2.37 bits per heavy atom. The monoisotopic (exact) mass is 462 g/mol. The lowest BCUT2D eigenvalue weighted by Crippen LogP contribution is -2.62. The second-order valence-corrected chi connectivity index (χ2v) is 13.2. The first-order valence-electron chi connectivity index (χ1n) is 12.0. The summed E-state index contributed by atoms with van der Waals surface area (Å²) in [6.07, 6.45) is 6.28. The number of hydrogen-bond donors (Lipinski definition) is 4. The maximum Gasteiger partial charge on any atom is 0.214 e. The number of aliphatic hydroxyl groups is 4. The van der Waals surface area contributed by atoms with E-state index >= 15 is 0 Å². The maximum atomic E-state index is 11.5. The highest BCUT2D eigenvalue weighted by molar-refractivity contribution is 6.46. The van der Waals surface area contributed by atoms with Crippen LogP contribution in [0.25, 0.3) is 0 Å². The number of rotatable bonds is 4. The molecule has 4 aliphatic rings. The van der Waals surface area contributed by atoms with E-state index in [1.807, 2.05) is 0 Å². The fourth-order valence-electron chi connectivity index (χ4n) is 8.73. The number of fused-ring (bicyclic) bond motifs is 5. The van der Waals surface area contributed by atoms with Crippen molar-refractivity contribution in [2.24, 2.45) is 46.3 Å². The Morgan fingerprint density at radius 2 is 1.70 bits per heavy atom. The zero-order chi connectivity index (χ0) is 22.1. The number of hydrogen-bond acceptors (Lipinski definition) is 4. The molecule has 4 nitrogen and oxygen atoms in total.